The van der Waals surface area contributed by atoms with E-state index in [9.17, 15) is 4.79 Å². The summed E-state index contributed by atoms with van der Waals surface area (Å²) in [6.07, 6.45) is 0. The van der Waals surface area contributed by atoms with E-state index in [4.69, 9.17) is 16.6 Å². The van der Waals surface area contributed by atoms with E-state index < -0.39 is 0 Å². The largest absolute Gasteiger partial charge is 0.325 e. The predicted molar refractivity (Wildman–Crippen MR) is 113 cm³/mol. The summed E-state index contributed by atoms with van der Waals surface area (Å²) in [5, 5.41) is 6.62. The number of aryl methyl sites for hydroxylation is 1. The summed E-state index contributed by atoms with van der Waals surface area (Å²) >= 11 is 7.65. The number of rotatable bonds is 7. The summed E-state index contributed by atoms with van der Waals surface area (Å²) in [5.74, 6) is -0.0549. The van der Waals surface area contributed by atoms with Crippen LogP contribution in [0.25, 0.3) is 10.6 Å². The zero-order chi connectivity index (χ0) is 19.2. The molecule has 6 heteroatoms. The van der Waals surface area contributed by atoms with Crippen LogP contribution in [0.1, 0.15) is 18.2 Å². The number of carbonyl (C=O) groups is 1. The zero-order valence-corrected chi connectivity index (χ0v) is 17.0. The van der Waals surface area contributed by atoms with Gasteiger partial charge in [0, 0.05) is 28.2 Å². The van der Waals surface area contributed by atoms with Crippen LogP contribution in [0.3, 0.4) is 0 Å². The maximum atomic E-state index is 12.4. The van der Waals surface area contributed by atoms with E-state index in [0.29, 0.717) is 18.1 Å². The van der Waals surface area contributed by atoms with Crippen molar-refractivity contribution in [3.8, 4) is 10.6 Å². The van der Waals surface area contributed by atoms with E-state index in [-0.39, 0.29) is 5.91 Å². The van der Waals surface area contributed by atoms with Gasteiger partial charge in [0.05, 0.1) is 12.2 Å². The highest BCUT2D eigenvalue weighted by Crippen LogP contribution is 2.24. The van der Waals surface area contributed by atoms with E-state index in [1.54, 1.807) is 17.4 Å². The third-order valence-corrected chi connectivity index (χ3v) is 5.42. The monoisotopic (exact) mass is 399 g/mol. The van der Waals surface area contributed by atoms with Crippen LogP contribution in [0.4, 0.5) is 5.69 Å². The standard InChI is InChI=1S/C21H22ClN3OS/c1-3-25(13-20(26)24-19-11-17(22)10-9-15(19)2)12-18-14-27-21(23-18)16-7-5-4-6-8-16/h4-11,14H,3,12-13H2,1-2H3,(H,24,26). The normalized spacial score (nSPS) is 11.0. The molecular weight excluding hydrogens is 378 g/mol. The lowest BCUT2D eigenvalue weighted by Gasteiger charge is -2.19. The van der Waals surface area contributed by atoms with Crippen molar-refractivity contribution in [3.05, 3.63) is 70.2 Å². The number of nitrogens with one attached hydrogen (secondary N) is 1. The number of nitrogens with zero attached hydrogens (tertiary/aromatic N) is 2. The summed E-state index contributed by atoms with van der Waals surface area (Å²) in [6.45, 7) is 5.70. The third kappa shape index (κ3) is 5.39. The van der Waals surface area contributed by atoms with Crippen molar-refractivity contribution >= 4 is 34.5 Å². The Kier molecular flexibility index (Phi) is 6.61. The van der Waals surface area contributed by atoms with Crippen LogP contribution in [0, 0.1) is 6.92 Å². The molecule has 0 aliphatic rings. The second kappa shape index (κ2) is 9.13. The van der Waals surface area contributed by atoms with Gasteiger partial charge in [0.2, 0.25) is 5.91 Å². The molecule has 1 aromatic heterocycles. The molecule has 27 heavy (non-hydrogen) atoms. The number of hydrogen-bond donors (Lipinski definition) is 1. The molecule has 0 aliphatic carbocycles. The fraction of sp³-hybridized carbons (Fsp3) is 0.238. The molecule has 0 fully saturated rings. The van der Waals surface area contributed by atoms with Crippen molar-refractivity contribution in [2.45, 2.75) is 20.4 Å². The van der Waals surface area contributed by atoms with Gasteiger partial charge in [0.15, 0.2) is 0 Å². The number of thiazole rings is 1. The van der Waals surface area contributed by atoms with Gasteiger partial charge in [-0.1, -0.05) is 54.9 Å². The molecule has 0 bridgehead atoms. The van der Waals surface area contributed by atoms with Crippen molar-refractivity contribution in [2.24, 2.45) is 0 Å². The Morgan fingerprint density at radius 1 is 1.22 bits per heavy atom. The Morgan fingerprint density at radius 2 is 2.00 bits per heavy atom. The topological polar surface area (TPSA) is 45.2 Å². The minimum atomic E-state index is -0.0549. The van der Waals surface area contributed by atoms with Crippen molar-refractivity contribution in [3.63, 3.8) is 0 Å². The maximum absolute atomic E-state index is 12.4. The minimum Gasteiger partial charge on any atom is -0.325 e. The molecule has 3 aromatic rings. The van der Waals surface area contributed by atoms with Crippen molar-refractivity contribution in [1.29, 1.82) is 0 Å². The van der Waals surface area contributed by atoms with Gasteiger partial charge in [-0.2, -0.15) is 0 Å². The molecular formula is C21H22ClN3OS. The molecule has 0 radical (unpaired) electrons. The van der Waals surface area contributed by atoms with Crippen LogP contribution in [-0.4, -0.2) is 28.9 Å². The van der Waals surface area contributed by atoms with Gasteiger partial charge < -0.3 is 5.32 Å². The van der Waals surface area contributed by atoms with Gasteiger partial charge in [0.25, 0.3) is 0 Å². The Labute approximate surface area is 168 Å². The highest BCUT2D eigenvalue weighted by atomic mass is 35.5. The second-order valence-electron chi connectivity index (χ2n) is 6.32. The van der Waals surface area contributed by atoms with Crippen LogP contribution in [0.5, 0.6) is 0 Å². The van der Waals surface area contributed by atoms with E-state index in [1.165, 1.54) is 0 Å². The third-order valence-electron chi connectivity index (χ3n) is 4.25. The lowest BCUT2D eigenvalue weighted by atomic mass is 10.2. The van der Waals surface area contributed by atoms with Crippen LogP contribution in [0.15, 0.2) is 53.9 Å². The molecule has 3 rings (SSSR count). The van der Waals surface area contributed by atoms with Crippen LogP contribution < -0.4 is 5.32 Å². The number of aromatic nitrogens is 1. The van der Waals surface area contributed by atoms with Gasteiger partial charge in [-0.05, 0) is 31.2 Å². The maximum Gasteiger partial charge on any atom is 0.238 e. The van der Waals surface area contributed by atoms with E-state index in [1.807, 2.05) is 44.2 Å². The Balaban J connectivity index is 1.61. The van der Waals surface area contributed by atoms with Crippen molar-refractivity contribution in [1.82, 2.24) is 9.88 Å². The first-order valence-corrected chi connectivity index (χ1v) is 10.1. The number of halogens is 1. The van der Waals surface area contributed by atoms with E-state index in [0.717, 1.165) is 34.1 Å². The fourth-order valence-electron chi connectivity index (χ4n) is 2.72. The molecule has 0 spiro atoms. The van der Waals surface area contributed by atoms with Crippen LogP contribution in [0.2, 0.25) is 5.02 Å². The Bertz CT molecular complexity index is 911. The minimum absolute atomic E-state index is 0.0549. The molecule has 1 heterocycles. The summed E-state index contributed by atoms with van der Waals surface area (Å²) in [7, 11) is 0. The Hall–Kier alpha value is -2.21. The number of likely N-dealkylation sites (N-methyl/N-ethyl adjacent to an activating group) is 1. The molecule has 0 aliphatic heterocycles. The molecule has 2 aromatic carbocycles. The molecule has 140 valence electrons. The van der Waals surface area contributed by atoms with E-state index in [2.05, 4.69) is 27.7 Å². The van der Waals surface area contributed by atoms with E-state index >= 15 is 0 Å². The molecule has 4 nitrogen and oxygen atoms in total. The van der Waals surface area contributed by atoms with Gasteiger partial charge in [-0.25, -0.2) is 4.98 Å². The number of benzene rings is 2. The second-order valence-corrected chi connectivity index (χ2v) is 7.62. The fourth-order valence-corrected chi connectivity index (χ4v) is 3.71. The van der Waals surface area contributed by atoms with Crippen LogP contribution >= 0.6 is 22.9 Å². The molecule has 0 unspecified atom stereocenters. The lowest BCUT2D eigenvalue weighted by molar-refractivity contribution is -0.117. The van der Waals surface area contributed by atoms with Gasteiger partial charge in [-0.15, -0.1) is 11.3 Å². The smallest absolute Gasteiger partial charge is 0.238 e. The Morgan fingerprint density at radius 3 is 2.74 bits per heavy atom. The predicted octanol–water partition coefficient (Wildman–Crippen LogP) is 5.23. The van der Waals surface area contributed by atoms with Crippen molar-refractivity contribution < 1.29 is 4.79 Å². The number of amides is 1. The first kappa shape index (κ1) is 19.5. The first-order valence-electron chi connectivity index (χ1n) is 8.83. The summed E-state index contributed by atoms with van der Waals surface area (Å²) < 4.78 is 0. The molecule has 0 atom stereocenters. The molecule has 1 amide bonds. The average molecular weight is 400 g/mol. The lowest BCUT2D eigenvalue weighted by Crippen LogP contribution is -2.33. The van der Waals surface area contributed by atoms with Gasteiger partial charge in [0.1, 0.15) is 5.01 Å². The number of anilines is 1. The molecule has 0 saturated heterocycles. The average Bonchev–Trinajstić information content (AvgIpc) is 3.13. The summed E-state index contributed by atoms with van der Waals surface area (Å²) in [5.41, 5.74) is 3.84. The summed E-state index contributed by atoms with van der Waals surface area (Å²) in [4.78, 5) is 19.2. The zero-order valence-electron chi connectivity index (χ0n) is 15.4. The van der Waals surface area contributed by atoms with Gasteiger partial charge >= 0.3 is 0 Å². The van der Waals surface area contributed by atoms with Gasteiger partial charge in [-0.3, -0.25) is 9.69 Å². The summed E-state index contributed by atoms with van der Waals surface area (Å²) in [6, 6.07) is 15.6. The van der Waals surface area contributed by atoms with Crippen molar-refractivity contribution in [2.75, 3.05) is 18.4 Å². The first-order chi connectivity index (χ1) is 13.0. The van der Waals surface area contributed by atoms with Crippen LogP contribution in [-0.2, 0) is 11.3 Å². The number of carbonyl (C=O) groups excluding carboxylic acids is 1. The quantitative estimate of drug-likeness (QED) is 0.591. The number of hydrogen-bond acceptors (Lipinski definition) is 4. The molecule has 0 saturated carbocycles. The highest BCUT2D eigenvalue weighted by Gasteiger charge is 2.13. The molecule has 1 N–H and O–H groups in total. The SMILES string of the molecule is CCN(CC(=O)Nc1cc(Cl)ccc1C)Cc1csc(-c2ccccc2)n1. The highest BCUT2D eigenvalue weighted by molar-refractivity contribution is 7.13.